The Morgan fingerprint density at radius 1 is 0.808 bits per heavy atom. The number of hydrogen-bond donors (Lipinski definition) is 0. The molecule has 0 aliphatic rings. The van der Waals surface area contributed by atoms with Gasteiger partial charge < -0.3 is 0 Å². The Hall–Kier alpha value is -2.72. The Labute approximate surface area is 155 Å². The number of aryl methyl sites for hydroxylation is 2. The van der Waals surface area contributed by atoms with E-state index >= 15 is 0 Å². The third-order valence-electron chi connectivity index (χ3n) is 4.13. The Bertz CT molecular complexity index is 1020. The van der Waals surface area contributed by atoms with Crippen LogP contribution in [0.1, 0.15) is 27.8 Å². The Balaban J connectivity index is 1.72. The molecule has 4 heteroatoms. The van der Waals surface area contributed by atoms with E-state index in [4.69, 9.17) is 0 Å². The normalized spacial score (nSPS) is 11.8. The van der Waals surface area contributed by atoms with E-state index in [1.54, 1.807) is 24.3 Å². The molecule has 26 heavy (non-hydrogen) atoms. The van der Waals surface area contributed by atoms with E-state index in [0.717, 1.165) is 17.5 Å². The number of nitrogens with zero attached hydrogens (tertiary/aromatic N) is 1. The van der Waals surface area contributed by atoms with Crippen LogP contribution < -0.4 is 0 Å². The minimum atomic E-state index is -3.67. The van der Waals surface area contributed by atoms with E-state index in [1.807, 2.05) is 31.2 Å². The molecule has 0 unspecified atom stereocenters. The summed E-state index contributed by atoms with van der Waals surface area (Å²) in [6.45, 7) is 4.00. The molecule has 0 aliphatic carbocycles. The van der Waals surface area contributed by atoms with Gasteiger partial charge in [-0.25, -0.2) is 0 Å². The lowest BCUT2D eigenvalue weighted by Gasteiger charge is -2.04. The van der Waals surface area contributed by atoms with Crippen molar-refractivity contribution in [1.82, 2.24) is 0 Å². The molecule has 0 fully saturated rings. The fourth-order valence-electron chi connectivity index (χ4n) is 2.68. The molecular weight excluding hydrogens is 342 g/mol. The number of benzene rings is 3. The molecule has 0 radical (unpaired) electrons. The highest BCUT2D eigenvalue weighted by Gasteiger charge is 2.10. The maximum atomic E-state index is 12.3. The van der Waals surface area contributed by atoms with Crippen LogP contribution in [-0.4, -0.2) is 14.6 Å². The molecule has 3 rings (SSSR count). The first-order valence-corrected chi connectivity index (χ1v) is 9.88. The second-order valence-corrected chi connectivity index (χ2v) is 8.06. The molecule has 0 amide bonds. The van der Waals surface area contributed by atoms with Crippen molar-refractivity contribution in [2.45, 2.75) is 25.2 Å². The van der Waals surface area contributed by atoms with Gasteiger partial charge in [0.2, 0.25) is 0 Å². The van der Waals surface area contributed by atoms with E-state index in [1.165, 1.54) is 22.9 Å². The van der Waals surface area contributed by atoms with Crippen LogP contribution in [0.5, 0.6) is 0 Å². The van der Waals surface area contributed by atoms with Crippen molar-refractivity contribution >= 4 is 16.2 Å². The van der Waals surface area contributed by atoms with Crippen LogP contribution in [0.15, 0.2) is 82.1 Å². The quantitative estimate of drug-likeness (QED) is 0.617. The fraction of sp³-hybridized carbons (Fsp3) is 0.136. The molecule has 0 aromatic heterocycles. The van der Waals surface area contributed by atoms with Gasteiger partial charge in [-0.15, -0.1) is 0 Å². The Morgan fingerprint density at radius 3 is 2.15 bits per heavy atom. The molecule has 0 heterocycles. The largest absolute Gasteiger partial charge is 0.282 e. The molecule has 0 saturated carbocycles. The molecule has 0 atom stereocenters. The minimum Gasteiger partial charge on any atom is -0.199 e. The summed E-state index contributed by atoms with van der Waals surface area (Å²) in [4.78, 5) is 0.204. The summed E-state index contributed by atoms with van der Waals surface area (Å²) in [5.41, 5.74) is 5.45. The summed E-state index contributed by atoms with van der Waals surface area (Å²) in [6.07, 6.45) is 2.24. The zero-order valence-corrected chi connectivity index (χ0v) is 15.7. The van der Waals surface area contributed by atoms with Gasteiger partial charge in [0.15, 0.2) is 0 Å². The second-order valence-electron chi connectivity index (χ2n) is 6.43. The van der Waals surface area contributed by atoms with Crippen molar-refractivity contribution in [1.29, 1.82) is 0 Å². The molecule has 3 aromatic rings. The molecule has 0 N–H and O–H groups in total. The summed E-state index contributed by atoms with van der Waals surface area (Å²) in [6, 6.07) is 22.9. The summed E-state index contributed by atoms with van der Waals surface area (Å²) in [5, 5.41) is 0. The van der Waals surface area contributed by atoms with Crippen molar-refractivity contribution < 1.29 is 8.42 Å². The van der Waals surface area contributed by atoms with Crippen molar-refractivity contribution in [2.75, 3.05) is 0 Å². The summed E-state index contributed by atoms with van der Waals surface area (Å²) in [5.74, 6) is 0. The zero-order valence-electron chi connectivity index (χ0n) is 14.9. The van der Waals surface area contributed by atoms with Crippen molar-refractivity contribution in [3.05, 3.63) is 101 Å². The molecule has 0 saturated heterocycles. The molecule has 0 aliphatic heterocycles. The van der Waals surface area contributed by atoms with Crippen molar-refractivity contribution in [3.63, 3.8) is 0 Å². The van der Waals surface area contributed by atoms with E-state index in [0.29, 0.717) is 0 Å². The predicted molar refractivity (Wildman–Crippen MR) is 106 cm³/mol. The number of hydrogen-bond acceptors (Lipinski definition) is 2. The van der Waals surface area contributed by atoms with E-state index in [2.05, 4.69) is 35.6 Å². The van der Waals surface area contributed by atoms with Gasteiger partial charge in [0, 0.05) is 6.21 Å². The first-order chi connectivity index (χ1) is 12.4. The zero-order chi connectivity index (χ0) is 18.6. The van der Waals surface area contributed by atoms with Crippen LogP contribution in [-0.2, 0) is 16.4 Å². The highest BCUT2D eigenvalue weighted by atomic mass is 32.2. The monoisotopic (exact) mass is 363 g/mol. The minimum absolute atomic E-state index is 0.204. The number of rotatable bonds is 5. The van der Waals surface area contributed by atoms with Crippen LogP contribution in [0.4, 0.5) is 0 Å². The first-order valence-electron chi connectivity index (χ1n) is 8.44. The van der Waals surface area contributed by atoms with Gasteiger partial charge >= 0.3 is 0 Å². The number of sulfonamides is 1. The van der Waals surface area contributed by atoms with Gasteiger partial charge in [-0.3, -0.25) is 0 Å². The average Bonchev–Trinajstić information content (AvgIpc) is 2.62. The predicted octanol–water partition coefficient (Wildman–Crippen LogP) is 4.70. The lowest BCUT2D eigenvalue weighted by atomic mass is 10.0. The van der Waals surface area contributed by atoms with Crippen molar-refractivity contribution in [3.8, 4) is 0 Å². The van der Waals surface area contributed by atoms with E-state index in [-0.39, 0.29) is 4.90 Å². The summed E-state index contributed by atoms with van der Waals surface area (Å²) < 4.78 is 28.3. The maximum absolute atomic E-state index is 12.3. The van der Waals surface area contributed by atoms with Crippen LogP contribution >= 0.6 is 0 Å². The van der Waals surface area contributed by atoms with Crippen molar-refractivity contribution in [2.24, 2.45) is 4.40 Å². The highest BCUT2D eigenvalue weighted by molar-refractivity contribution is 7.90. The Morgan fingerprint density at radius 2 is 1.50 bits per heavy atom. The van der Waals surface area contributed by atoms with Crippen LogP contribution in [0.2, 0.25) is 0 Å². The van der Waals surface area contributed by atoms with Gasteiger partial charge in [0.05, 0.1) is 4.90 Å². The molecule has 3 aromatic carbocycles. The molecule has 0 bridgehead atoms. The molecule has 132 valence electrons. The third kappa shape index (κ3) is 4.67. The van der Waals surface area contributed by atoms with Gasteiger partial charge in [0.1, 0.15) is 0 Å². The van der Waals surface area contributed by atoms with Gasteiger partial charge in [-0.1, -0.05) is 71.8 Å². The maximum Gasteiger partial charge on any atom is 0.282 e. The van der Waals surface area contributed by atoms with Crippen LogP contribution in [0.25, 0.3) is 0 Å². The molecule has 3 nitrogen and oxygen atoms in total. The lowest BCUT2D eigenvalue weighted by molar-refractivity contribution is 0.598. The first kappa shape index (κ1) is 18.1. The van der Waals surface area contributed by atoms with Crippen LogP contribution in [0.3, 0.4) is 0 Å². The third-order valence-corrected chi connectivity index (χ3v) is 5.38. The van der Waals surface area contributed by atoms with Gasteiger partial charge in [0.25, 0.3) is 10.0 Å². The topological polar surface area (TPSA) is 46.5 Å². The van der Waals surface area contributed by atoms with E-state index in [9.17, 15) is 8.42 Å². The van der Waals surface area contributed by atoms with Crippen LogP contribution in [0, 0.1) is 13.8 Å². The van der Waals surface area contributed by atoms with E-state index < -0.39 is 10.0 Å². The Kier molecular flexibility index (Phi) is 5.33. The molecular formula is C22H21NO2S. The SMILES string of the molecule is Cc1ccc(S(=O)(=O)N=Cc2ccc(Cc3cccc(C)c3)cc2)cc1. The second kappa shape index (κ2) is 7.67. The lowest BCUT2D eigenvalue weighted by Crippen LogP contribution is -1.98. The van der Waals surface area contributed by atoms with Gasteiger partial charge in [-0.2, -0.15) is 12.8 Å². The smallest absolute Gasteiger partial charge is 0.199 e. The van der Waals surface area contributed by atoms with Gasteiger partial charge in [-0.05, 0) is 49.1 Å². The summed E-state index contributed by atoms with van der Waals surface area (Å²) in [7, 11) is -3.67. The fourth-order valence-corrected chi connectivity index (χ4v) is 3.54. The average molecular weight is 363 g/mol. The highest BCUT2D eigenvalue weighted by Crippen LogP contribution is 2.14. The molecule has 0 spiro atoms. The summed E-state index contributed by atoms with van der Waals surface area (Å²) >= 11 is 0. The standard InChI is InChI=1S/C22H21NO2S/c1-17-6-12-22(13-7-17)26(24,25)23-16-20-10-8-19(9-11-20)15-21-5-3-4-18(2)14-21/h3-14,16H,15H2,1-2H3.